The molecule has 0 amide bonds. The van der Waals surface area contributed by atoms with Crippen LogP contribution in [-0.2, 0) is 0 Å². The minimum atomic E-state index is 0.0397. The average Bonchev–Trinajstić information content (AvgIpc) is 2.71. The fourth-order valence-corrected chi connectivity index (χ4v) is 2.67. The van der Waals surface area contributed by atoms with Crippen LogP contribution in [-0.4, -0.2) is 41.5 Å². The van der Waals surface area contributed by atoms with Gasteiger partial charge in [0.2, 0.25) is 0 Å². The Hall–Kier alpha value is -1.37. The highest BCUT2D eigenvalue weighted by Gasteiger charge is 2.11. The first-order valence-electron chi connectivity index (χ1n) is 5.37. The Morgan fingerprint density at radius 2 is 1.94 bits per heavy atom. The molecule has 5 nitrogen and oxygen atoms in total. The van der Waals surface area contributed by atoms with Crippen LogP contribution in [0.4, 0.5) is 10.8 Å². The Morgan fingerprint density at radius 1 is 1.24 bits per heavy atom. The molecule has 2 aromatic rings. The average molecular weight is 253 g/mol. The van der Waals surface area contributed by atoms with Gasteiger partial charge in [0.15, 0.2) is 5.13 Å². The van der Waals surface area contributed by atoms with Gasteiger partial charge in [-0.05, 0) is 18.2 Å². The van der Waals surface area contributed by atoms with Crippen molar-refractivity contribution in [1.82, 2.24) is 4.98 Å². The van der Waals surface area contributed by atoms with Gasteiger partial charge < -0.3 is 20.8 Å². The number of aliphatic hydroxyl groups is 2. The van der Waals surface area contributed by atoms with Gasteiger partial charge in [0, 0.05) is 18.8 Å². The molecule has 1 aromatic heterocycles. The first kappa shape index (κ1) is 12.1. The number of anilines is 2. The maximum atomic E-state index is 8.98. The number of benzene rings is 1. The third kappa shape index (κ3) is 2.66. The highest BCUT2D eigenvalue weighted by molar-refractivity contribution is 7.22. The van der Waals surface area contributed by atoms with Crippen molar-refractivity contribution in [3.63, 3.8) is 0 Å². The predicted molar refractivity (Wildman–Crippen MR) is 70.4 cm³/mol. The third-order valence-corrected chi connectivity index (χ3v) is 3.49. The molecular formula is C11H15N3O2S. The molecule has 6 heteroatoms. The summed E-state index contributed by atoms with van der Waals surface area (Å²) >= 11 is 1.51. The SMILES string of the molecule is Nc1ccc2nc(N(CCO)CCO)sc2c1. The van der Waals surface area contributed by atoms with Crippen molar-refractivity contribution in [2.45, 2.75) is 0 Å². The zero-order valence-corrected chi connectivity index (χ0v) is 10.2. The Bertz CT molecular complexity index is 494. The van der Waals surface area contributed by atoms with E-state index in [1.807, 2.05) is 23.1 Å². The summed E-state index contributed by atoms with van der Waals surface area (Å²) in [6.07, 6.45) is 0. The number of rotatable bonds is 5. The van der Waals surface area contributed by atoms with E-state index in [0.29, 0.717) is 18.8 Å². The summed E-state index contributed by atoms with van der Waals surface area (Å²) in [5.74, 6) is 0. The summed E-state index contributed by atoms with van der Waals surface area (Å²) in [5, 5.41) is 18.8. The number of nitrogens with two attached hydrogens (primary N) is 1. The summed E-state index contributed by atoms with van der Waals surface area (Å²) in [6.45, 7) is 1.02. The van der Waals surface area contributed by atoms with Crippen LogP contribution in [0.1, 0.15) is 0 Å². The smallest absolute Gasteiger partial charge is 0.186 e. The van der Waals surface area contributed by atoms with Crippen LogP contribution in [0.25, 0.3) is 10.2 Å². The maximum Gasteiger partial charge on any atom is 0.186 e. The van der Waals surface area contributed by atoms with E-state index < -0.39 is 0 Å². The molecule has 1 heterocycles. The number of aromatic nitrogens is 1. The molecule has 0 saturated carbocycles. The molecule has 0 unspecified atom stereocenters. The molecular weight excluding hydrogens is 238 g/mol. The summed E-state index contributed by atoms with van der Waals surface area (Å²) < 4.78 is 1.01. The van der Waals surface area contributed by atoms with Crippen molar-refractivity contribution in [3.05, 3.63) is 18.2 Å². The summed E-state index contributed by atoms with van der Waals surface area (Å²) in [7, 11) is 0. The molecule has 0 aliphatic carbocycles. The van der Waals surface area contributed by atoms with Crippen molar-refractivity contribution in [1.29, 1.82) is 0 Å². The Balaban J connectivity index is 2.33. The van der Waals surface area contributed by atoms with Gasteiger partial charge in [-0.2, -0.15) is 0 Å². The Labute approximate surface area is 103 Å². The molecule has 4 N–H and O–H groups in total. The van der Waals surface area contributed by atoms with E-state index in [4.69, 9.17) is 15.9 Å². The first-order chi connectivity index (χ1) is 8.24. The van der Waals surface area contributed by atoms with E-state index in [-0.39, 0.29) is 13.2 Å². The van der Waals surface area contributed by atoms with E-state index in [1.54, 1.807) is 0 Å². The number of hydrogen-bond donors (Lipinski definition) is 3. The lowest BCUT2D eigenvalue weighted by molar-refractivity contribution is 0.281. The van der Waals surface area contributed by atoms with Crippen LogP contribution in [0.2, 0.25) is 0 Å². The van der Waals surface area contributed by atoms with Gasteiger partial charge in [-0.3, -0.25) is 0 Å². The number of aliphatic hydroxyl groups excluding tert-OH is 2. The first-order valence-corrected chi connectivity index (χ1v) is 6.19. The second-order valence-corrected chi connectivity index (χ2v) is 4.67. The molecule has 92 valence electrons. The van der Waals surface area contributed by atoms with Gasteiger partial charge in [0.05, 0.1) is 23.4 Å². The molecule has 0 aliphatic heterocycles. The summed E-state index contributed by atoms with van der Waals surface area (Å²) in [5.41, 5.74) is 7.31. The monoisotopic (exact) mass is 253 g/mol. The molecule has 17 heavy (non-hydrogen) atoms. The summed E-state index contributed by atoms with van der Waals surface area (Å²) in [4.78, 5) is 6.32. The van der Waals surface area contributed by atoms with Gasteiger partial charge >= 0.3 is 0 Å². The molecule has 0 spiro atoms. The number of fused-ring (bicyclic) bond motifs is 1. The van der Waals surface area contributed by atoms with Crippen molar-refractivity contribution in [2.75, 3.05) is 36.9 Å². The Morgan fingerprint density at radius 3 is 2.59 bits per heavy atom. The maximum absolute atomic E-state index is 8.98. The lowest BCUT2D eigenvalue weighted by Gasteiger charge is -2.18. The van der Waals surface area contributed by atoms with Crippen LogP contribution in [0.5, 0.6) is 0 Å². The van der Waals surface area contributed by atoms with Crippen molar-refractivity contribution in [2.24, 2.45) is 0 Å². The molecule has 0 aliphatic rings. The molecule has 0 saturated heterocycles. The molecule has 0 atom stereocenters. The topological polar surface area (TPSA) is 82.6 Å². The number of nitrogens with zero attached hydrogens (tertiary/aromatic N) is 2. The fraction of sp³-hybridized carbons (Fsp3) is 0.364. The second kappa shape index (κ2) is 5.31. The minimum absolute atomic E-state index is 0.0397. The molecule has 2 rings (SSSR count). The van der Waals surface area contributed by atoms with Crippen LogP contribution in [0.3, 0.4) is 0 Å². The lowest BCUT2D eigenvalue weighted by Crippen LogP contribution is -2.29. The predicted octanol–water partition coefficient (Wildman–Crippen LogP) is 0.669. The van der Waals surface area contributed by atoms with E-state index in [2.05, 4.69) is 4.98 Å². The fourth-order valence-electron chi connectivity index (χ4n) is 1.61. The molecule has 0 fully saturated rings. The lowest BCUT2D eigenvalue weighted by atomic mass is 10.3. The van der Waals surface area contributed by atoms with E-state index >= 15 is 0 Å². The largest absolute Gasteiger partial charge is 0.399 e. The Kier molecular flexibility index (Phi) is 3.78. The third-order valence-electron chi connectivity index (χ3n) is 2.41. The minimum Gasteiger partial charge on any atom is -0.399 e. The number of thiazole rings is 1. The molecule has 0 bridgehead atoms. The highest BCUT2D eigenvalue weighted by Crippen LogP contribution is 2.29. The van der Waals surface area contributed by atoms with E-state index in [1.165, 1.54) is 11.3 Å². The molecule has 0 radical (unpaired) electrons. The second-order valence-electron chi connectivity index (χ2n) is 3.66. The zero-order valence-electron chi connectivity index (χ0n) is 9.33. The van der Waals surface area contributed by atoms with Gasteiger partial charge in [-0.1, -0.05) is 11.3 Å². The van der Waals surface area contributed by atoms with E-state index in [9.17, 15) is 0 Å². The van der Waals surface area contributed by atoms with Gasteiger partial charge in [-0.25, -0.2) is 4.98 Å². The van der Waals surface area contributed by atoms with Crippen LogP contribution in [0.15, 0.2) is 18.2 Å². The van der Waals surface area contributed by atoms with Crippen molar-refractivity contribution in [3.8, 4) is 0 Å². The van der Waals surface area contributed by atoms with Gasteiger partial charge in [0.25, 0.3) is 0 Å². The van der Waals surface area contributed by atoms with E-state index in [0.717, 1.165) is 15.3 Å². The standard InChI is InChI=1S/C11H15N3O2S/c12-8-1-2-9-10(7-8)17-11(13-9)14(3-5-15)4-6-16/h1-2,7,15-16H,3-6,12H2. The van der Waals surface area contributed by atoms with Gasteiger partial charge in [-0.15, -0.1) is 0 Å². The van der Waals surface area contributed by atoms with Crippen LogP contribution in [0, 0.1) is 0 Å². The molecule has 1 aromatic carbocycles. The van der Waals surface area contributed by atoms with Crippen LogP contribution < -0.4 is 10.6 Å². The number of nitrogen functional groups attached to an aromatic ring is 1. The van der Waals surface area contributed by atoms with Gasteiger partial charge in [0.1, 0.15) is 0 Å². The highest BCUT2D eigenvalue weighted by atomic mass is 32.1. The quantitative estimate of drug-likeness (QED) is 0.682. The van der Waals surface area contributed by atoms with Crippen LogP contribution >= 0.6 is 11.3 Å². The van der Waals surface area contributed by atoms with Crippen molar-refractivity contribution < 1.29 is 10.2 Å². The van der Waals surface area contributed by atoms with Crippen molar-refractivity contribution >= 4 is 32.4 Å². The number of hydrogen-bond acceptors (Lipinski definition) is 6. The zero-order chi connectivity index (χ0) is 12.3. The normalized spacial score (nSPS) is 10.9. The summed E-state index contributed by atoms with van der Waals surface area (Å²) in [6, 6.07) is 5.57.